The summed E-state index contributed by atoms with van der Waals surface area (Å²) in [5, 5.41) is 15.4. The first-order valence-corrected chi connectivity index (χ1v) is 9.86. The van der Waals surface area contributed by atoms with Crippen LogP contribution in [0.3, 0.4) is 0 Å². The number of nitrogens with zero attached hydrogens (tertiary/aromatic N) is 5. The fourth-order valence-corrected chi connectivity index (χ4v) is 3.88. The number of benzene rings is 2. The molecule has 1 aliphatic heterocycles. The molecule has 0 bridgehead atoms. The standard InChI is InChI=1S/C22H23N5O3/c1-16-21(17(2)26(23-16)19-6-4-3-5-7-19)22(28)25-14-12-24(13-15-25)18-8-10-20(11-9-18)27(29)30/h3-11H,12-15H2,1-2H3. The highest BCUT2D eigenvalue weighted by Crippen LogP contribution is 2.23. The van der Waals surface area contributed by atoms with Crippen molar-refractivity contribution in [1.29, 1.82) is 0 Å². The zero-order valence-electron chi connectivity index (χ0n) is 17.0. The number of anilines is 1. The van der Waals surface area contributed by atoms with Gasteiger partial charge in [-0.15, -0.1) is 0 Å². The third-order valence-corrected chi connectivity index (χ3v) is 5.50. The fourth-order valence-electron chi connectivity index (χ4n) is 3.88. The SMILES string of the molecule is Cc1nn(-c2ccccc2)c(C)c1C(=O)N1CCN(c2ccc([N+](=O)[O-])cc2)CC1. The summed E-state index contributed by atoms with van der Waals surface area (Å²) >= 11 is 0. The number of non-ortho nitro benzene ring substituents is 1. The summed E-state index contributed by atoms with van der Waals surface area (Å²) in [7, 11) is 0. The van der Waals surface area contributed by atoms with E-state index in [4.69, 9.17) is 0 Å². The van der Waals surface area contributed by atoms with Crippen LogP contribution in [-0.2, 0) is 0 Å². The lowest BCUT2D eigenvalue weighted by Crippen LogP contribution is -2.49. The van der Waals surface area contributed by atoms with Crippen LogP contribution in [0.1, 0.15) is 21.7 Å². The number of piperazine rings is 1. The number of hydrogen-bond donors (Lipinski definition) is 0. The van der Waals surface area contributed by atoms with E-state index < -0.39 is 4.92 Å². The Labute approximate surface area is 174 Å². The summed E-state index contributed by atoms with van der Waals surface area (Å²) < 4.78 is 1.82. The van der Waals surface area contributed by atoms with Crippen LogP contribution < -0.4 is 4.90 Å². The molecular formula is C22H23N5O3. The zero-order valence-corrected chi connectivity index (χ0v) is 17.0. The minimum atomic E-state index is -0.402. The van der Waals surface area contributed by atoms with Crippen molar-refractivity contribution in [3.8, 4) is 5.69 Å². The first kappa shape index (κ1) is 19.6. The predicted molar refractivity (Wildman–Crippen MR) is 114 cm³/mol. The van der Waals surface area contributed by atoms with Crippen LogP contribution in [0.2, 0.25) is 0 Å². The zero-order chi connectivity index (χ0) is 21.3. The van der Waals surface area contributed by atoms with Gasteiger partial charge < -0.3 is 9.80 Å². The highest BCUT2D eigenvalue weighted by molar-refractivity contribution is 5.96. The Hall–Kier alpha value is -3.68. The van der Waals surface area contributed by atoms with Gasteiger partial charge in [-0.3, -0.25) is 14.9 Å². The molecule has 0 radical (unpaired) electrons. The van der Waals surface area contributed by atoms with Crippen molar-refractivity contribution >= 4 is 17.3 Å². The number of amides is 1. The van der Waals surface area contributed by atoms with E-state index in [1.807, 2.05) is 53.8 Å². The fraction of sp³-hybridized carbons (Fsp3) is 0.273. The molecule has 2 aromatic carbocycles. The second-order valence-electron chi connectivity index (χ2n) is 7.35. The Bertz CT molecular complexity index is 1070. The van der Waals surface area contributed by atoms with E-state index in [1.54, 1.807) is 12.1 Å². The van der Waals surface area contributed by atoms with Gasteiger partial charge in [-0.05, 0) is 38.1 Å². The molecule has 2 heterocycles. The summed E-state index contributed by atoms with van der Waals surface area (Å²) in [5.74, 6) is -0.00414. The number of hydrogen-bond acceptors (Lipinski definition) is 5. The lowest BCUT2D eigenvalue weighted by Gasteiger charge is -2.36. The van der Waals surface area contributed by atoms with Crippen molar-refractivity contribution in [3.63, 3.8) is 0 Å². The minimum Gasteiger partial charge on any atom is -0.368 e. The third kappa shape index (κ3) is 3.63. The molecule has 0 aliphatic carbocycles. The van der Waals surface area contributed by atoms with E-state index in [2.05, 4.69) is 10.00 Å². The maximum atomic E-state index is 13.2. The number of nitro benzene ring substituents is 1. The molecule has 0 spiro atoms. The van der Waals surface area contributed by atoms with Crippen LogP contribution in [-0.4, -0.2) is 51.7 Å². The number of aryl methyl sites for hydroxylation is 1. The van der Waals surface area contributed by atoms with Crippen molar-refractivity contribution in [2.45, 2.75) is 13.8 Å². The molecule has 0 saturated carbocycles. The van der Waals surface area contributed by atoms with Crippen LogP contribution in [0.25, 0.3) is 5.69 Å². The number of nitro groups is 1. The van der Waals surface area contributed by atoms with Crippen LogP contribution in [0, 0.1) is 24.0 Å². The second kappa shape index (κ2) is 7.98. The smallest absolute Gasteiger partial charge is 0.269 e. The molecule has 4 rings (SSSR count). The van der Waals surface area contributed by atoms with E-state index in [0.29, 0.717) is 31.7 Å². The van der Waals surface area contributed by atoms with Crippen LogP contribution >= 0.6 is 0 Å². The lowest BCUT2D eigenvalue weighted by molar-refractivity contribution is -0.384. The number of para-hydroxylation sites is 1. The van der Waals surface area contributed by atoms with Gasteiger partial charge in [0, 0.05) is 44.0 Å². The third-order valence-electron chi connectivity index (χ3n) is 5.50. The quantitative estimate of drug-likeness (QED) is 0.491. The molecule has 1 amide bonds. The van der Waals surface area contributed by atoms with E-state index in [1.165, 1.54) is 12.1 Å². The predicted octanol–water partition coefficient (Wildman–Crippen LogP) is 3.36. The molecule has 8 heteroatoms. The van der Waals surface area contributed by atoms with Gasteiger partial charge in [-0.1, -0.05) is 18.2 Å². The maximum Gasteiger partial charge on any atom is 0.269 e. The Morgan fingerprint density at radius 1 is 0.933 bits per heavy atom. The second-order valence-corrected chi connectivity index (χ2v) is 7.35. The molecule has 1 saturated heterocycles. The van der Waals surface area contributed by atoms with Crippen molar-refractivity contribution < 1.29 is 9.72 Å². The molecule has 1 aliphatic rings. The van der Waals surface area contributed by atoms with Crippen LogP contribution in [0.4, 0.5) is 11.4 Å². The molecule has 3 aromatic rings. The minimum absolute atomic E-state index is 0.00414. The average Bonchev–Trinajstić information content (AvgIpc) is 3.08. The van der Waals surface area contributed by atoms with Crippen molar-refractivity contribution in [2.24, 2.45) is 0 Å². The normalized spacial score (nSPS) is 14.1. The first-order valence-electron chi connectivity index (χ1n) is 9.86. The summed E-state index contributed by atoms with van der Waals surface area (Å²) in [6.07, 6.45) is 0. The monoisotopic (exact) mass is 405 g/mol. The molecule has 0 unspecified atom stereocenters. The largest absolute Gasteiger partial charge is 0.368 e. The summed E-state index contributed by atoms with van der Waals surface area (Å²) in [4.78, 5) is 27.7. The highest BCUT2D eigenvalue weighted by Gasteiger charge is 2.27. The number of carbonyl (C=O) groups excluding carboxylic acids is 1. The average molecular weight is 405 g/mol. The van der Waals surface area contributed by atoms with Gasteiger partial charge in [-0.2, -0.15) is 5.10 Å². The van der Waals surface area contributed by atoms with Gasteiger partial charge in [0.15, 0.2) is 0 Å². The Balaban J connectivity index is 1.47. The first-order chi connectivity index (χ1) is 14.5. The summed E-state index contributed by atoms with van der Waals surface area (Å²) in [6, 6.07) is 16.3. The molecule has 8 nitrogen and oxygen atoms in total. The number of rotatable bonds is 4. The van der Waals surface area contributed by atoms with Gasteiger partial charge >= 0.3 is 0 Å². The van der Waals surface area contributed by atoms with Gasteiger partial charge in [0.25, 0.3) is 11.6 Å². The van der Waals surface area contributed by atoms with Gasteiger partial charge in [-0.25, -0.2) is 4.68 Å². The van der Waals surface area contributed by atoms with Gasteiger partial charge in [0.2, 0.25) is 0 Å². The Morgan fingerprint density at radius 2 is 1.57 bits per heavy atom. The molecule has 0 N–H and O–H groups in total. The van der Waals surface area contributed by atoms with Crippen LogP contribution in [0.15, 0.2) is 54.6 Å². The van der Waals surface area contributed by atoms with E-state index >= 15 is 0 Å². The van der Waals surface area contributed by atoms with Gasteiger partial charge in [0.05, 0.1) is 27.6 Å². The Kier molecular flexibility index (Phi) is 5.22. The molecule has 1 fully saturated rings. The summed E-state index contributed by atoms with van der Waals surface area (Å²) in [5.41, 5.74) is 4.15. The van der Waals surface area contributed by atoms with Crippen molar-refractivity contribution in [3.05, 3.63) is 81.7 Å². The summed E-state index contributed by atoms with van der Waals surface area (Å²) in [6.45, 7) is 6.32. The topological polar surface area (TPSA) is 84.5 Å². The lowest BCUT2D eigenvalue weighted by atomic mass is 10.1. The molecule has 0 atom stereocenters. The number of carbonyl (C=O) groups is 1. The Morgan fingerprint density at radius 3 is 2.17 bits per heavy atom. The molecule has 1 aromatic heterocycles. The van der Waals surface area contributed by atoms with E-state index in [9.17, 15) is 14.9 Å². The van der Waals surface area contributed by atoms with E-state index in [0.717, 1.165) is 22.8 Å². The van der Waals surface area contributed by atoms with E-state index in [-0.39, 0.29) is 11.6 Å². The van der Waals surface area contributed by atoms with Crippen LogP contribution in [0.5, 0.6) is 0 Å². The molecular weight excluding hydrogens is 382 g/mol. The maximum absolute atomic E-state index is 13.2. The highest BCUT2D eigenvalue weighted by atomic mass is 16.6. The molecule has 154 valence electrons. The van der Waals surface area contributed by atoms with Crippen molar-refractivity contribution in [2.75, 3.05) is 31.1 Å². The number of aromatic nitrogens is 2. The molecule has 30 heavy (non-hydrogen) atoms. The van der Waals surface area contributed by atoms with Gasteiger partial charge in [0.1, 0.15) is 0 Å². The van der Waals surface area contributed by atoms with Crippen molar-refractivity contribution in [1.82, 2.24) is 14.7 Å².